The highest BCUT2D eigenvalue weighted by Crippen LogP contribution is 2.27. The summed E-state index contributed by atoms with van der Waals surface area (Å²) in [4.78, 5) is 32.8. The molecule has 1 aromatic heterocycles. The van der Waals surface area contributed by atoms with Gasteiger partial charge in [-0.15, -0.1) is 0 Å². The topological polar surface area (TPSA) is 62.3 Å². The third-order valence-corrected chi connectivity index (χ3v) is 6.26. The van der Waals surface area contributed by atoms with Gasteiger partial charge in [0.25, 0.3) is 11.8 Å². The summed E-state index contributed by atoms with van der Waals surface area (Å²) in [7, 11) is 0. The number of aromatic nitrogens is 1. The molecule has 4 aromatic rings. The number of pyridine rings is 1. The Bertz CT molecular complexity index is 1300. The van der Waals surface area contributed by atoms with E-state index >= 15 is 0 Å². The Morgan fingerprint density at radius 3 is 2.52 bits per heavy atom. The zero-order valence-corrected chi connectivity index (χ0v) is 18.3. The predicted molar refractivity (Wildman–Crippen MR) is 130 cm³/mol. The first-order valence-corrected chi connectivity index (χ1v) is 11.3. The van der Waals surface area contributed by atoms with Gasteiger partial charge in [-0.05, 0) is 42.2 Å². The van der Waals surface area contributed by atoms with Crippen LogP contribution in [0.5, 0.6) is 0 Å². The molecule has 5 heteroatoms. The van der Waals surface area contributed by atoms with Crippen molar-refractivity contribution in [3.63, 3.8) is 0 Å². The molecular formula is C28H25N3O2. The maximum absolute atomic E-state index is 13.5. The van der Waals surface area contributed by atoms with Crippen molar-refractivity contribution in [2.75, 3.05) is 13.1 Å². The molecule has 2 heterocycles. The molecule has 0 aliphatic carbocycles. The Labute approximate surface area is 193 Å². The van der Waals surface area contributed by atoms with Gasteiger partial charge in [-0.3, -0.25) is 14.6 Å². The molecule has 1 unspecified atom stereocenters. The van der Waals surface area contributed by atoms with E-state index in [1.807, 2.05) is 83.8 Å². The van der Waals surface area contributed by atoms with Crippen LogP contribution in [0.4, 0.5) is 0 Å². The number of para-hydroxylation sites is 1. The average molecular weight is 436 g/mol. The number of nitrogens with one attached hydrogen (secondary N) is 1. The molecule has 0 saturated carbocycles. The molecule has 1 saturated heterocycles. The second-order valence-corrected chi connectivity index (χ2v) is 8.30. The van der Waals surface area contributed by atoms with Gasteiger partial charge in [0.15, 0.2) is 0 Å². The van der Waals surface area contributed by atoms with E-state index in [0.29, 0.717) is 29.7 Å². The van der Waals surface area contributed by atoms with Crippen molar-refractivity contribution in [3.8, 4) is 11.1 Å². The first kappa shape index (κ1) is 20.9. The zero-order chi connectivity index (χ0) is 22.6. The van der Waals surface area contributed by atoms with Crippen LogP contribution in [-0.2, 0) is 0 Å². The Morgan fingerprint density at radius 1 is 0.879 bits per heavy atom. The number of carbonyl (C=O) groups is 2. The number of likely N-dealkylation sites (tertiary alicyclic amines) is 1. The number of fused-ring (bicyclic) bond motifs is 1. The molecule has 5 nitrogen and oxygen atoms in total. The Kier molecular flexibility index (Phi) is 5.85. The summed E-state index contributed by atoms with van der Waals surface area (Å²) < 4.78 is 0. The van der Waals surface area contributed by atoms with Crippen LogP contribution in [0.25, 0.3) is 22.0 Å². The van der Waals surface area contributed by atoms with Gasteiger partial charge in [0.2, 0.25) is 0 Å². The zero-order valence-electron chi connectivity index (χ0n) is 18.3. The van der Waals surface area contributed by atoms with E-state index in [1.54, 1.807) is 12.3 Å². The lowest BCUT2D eigenvalue weighted by atomic mass is 9.98. The number of hydrogen-bond acceptors (Lipinski definition) is 3. The summed E-state index contributed by atoms with van der Waals surface area (Å²) in [5, 5.41) is 3.97. The third-order valence-electron chi connectivity index (χ3n) is 6.26. The number of hydrogen-bond donors (Lipinski definition) is 1. The quantitative estimate of drug-likeness (QED) is 0.483. The highest BCUT2D eigenvalue weighted by Gasteiger charge is 2.31. The Hall–Kier alpha value is -3.99. The second kappa shape index (κ2) is 9.25. The highest BCUT2D eigenvalue weighted by molar-refractivity contribution is 6.05. The van der Waals surface area contributed by atoms with Crippen molar-refractivity contribution in [1.29, 1.82) is 0 Å². The fraction of sp³-hybridized carbons (Fsp3) is 0.179. The number of amides is 2. The molecule has 1 aliphatic heterocycles. The van der Waals surface area contributed by atoms with E-state index in [9.17, 15) is 9.59 Å². The molecule has 0 radical (unpaired) electrons. The van der Waals surface area contributed by atoms with Crippen LogP contribution in [-0.4, -0.2) is 40.8 Å². The Balaban J connectivity index is 1.33. The molecule has 164 valence electrons. The minimum atomic E-state index is -0.164. The molecule has 1 atom stereocenters. The molecule has 1 aliphatic rings. The van der Waals surface area contributed by atoms with Gasteiger partial charge < -0.3 is 10.2 Å². The molecule has 0 spiro atoms. The van der Waals surface area contributed by atoms with Crippen LogP contribution in [0.1, 0.15) is 33.6 Å². The number of carbonyl (C=O) groups excluding carboxylic acids is 2. The van der Waals surface area contributed by atoms with Crippen molar-refractivity contribution in [2.45, 2.75) is 18.9 Å². The van der Waals surface area contributed by atoms with Gasteiger partial charge in [0, 0.05) is 36.3 Å². The van der Waals surface area contributed by atoms with E-state index in [0.717, 1.165) is 29.4 Å². The highest BCUT2D eigenvalue weighted by atomic mass is 16.2. The predicted octanol–water partition coefficient (Wildman–Crippen LogP) is 4.94. The number of nitrogens with zero attached hydrogens (tertiary/aromatic N) is 2. The monoisotopic (exact) mass is 435 g/mol. The van der Waals surface area contributed by atoms with Crippen LogP contribution < -0.4 is 5.32 Å². The molecule has 1 N–H and O–H groups in total. The maximum atomic E-state index is 13.5. The molecule has 3 aromatic carbocycles. The van der Waals surface area contributed by atoms with Crippen LogP contribution in [0.2, 0.25) is 0 Å². The van der Waals surface area contributed by atoms with Crippen LogP contribution >= 0.6 is 0 Å². The van der Waals surface area contributed by atoms with Crippen molar-refractivity contribution >= 4 is 22.7 Å². The van der Waals surface area contributed by atoms with Gasteiger partial charge in [-0.25, -0.2) is 0 Å². The standard InChI is InChI=1S/C28H25N3O2/c32-27(25-16-6-11-21-12-7-17-29-26(21)25)30-19-22-13-8-18-31(22)28(33)24-15-5-4-14-23(24)20-9-2-1-3-10-20/h1-7,9-12,14-17,22H,8,13,18-19H2,(H,30,32). The van der Waals surface area contributed by atoms with Crippen molar-refractivity contribution in [3.05, 3.63) is 102 Å². The molecule has 2 amide bonds. The molecular weight excluding hydrogens is 410 g/mol. The lowest BCUT2D eigenvalue weighted by molar-refractivity contribution is 0.0726. The minimum Gasteiger partial charge on any atom is -0.350 e. The largest absolute Gasteiger partial charge is 0.350 e. The lowest BCUT2D eigenvalue weighted by Crippen LogP contribution is -2.43. The van der Waals surface area contributed by atoms with Crippen LogP contribution in [0, 0.1) is 0 Å². The van der Waals surface area contributed by atoms with E-state index in [2.05, 4.69) is 10.3 Å². The molecule has 33 heavy (non-hydrogen) atoms. The fourth-order valence-corrected chi connectivity index (χ4v) is 4.60. The van der Waals surface area contributed by atoms with E-state index in [4.69, 9.17) is 0 Å². The van der Waals surface area contributed by atoms with Crippen LogP contribution in [0.3, 0.4) is 0 Å². The number of benzene rings is 3. The molecule has 1 fully saturated rings. The van der Waals surface area contributed by atoms with E-state index < -0.39 is 0 Å². The smallest absolute Gasteiger partial charge is 0.254 e. The lowest BCUT2D eigenvalue weighted by Gasteiger charge is -2.26. The summed E-state index contributed by atoms with van der Waals surface area (Å²) in [5.41, 5.74) is 3.89. The van der Waals surface area contributed by atoms with Gasteiger partial charge >= 0.3 is 0 Å². The summed E-state index contributed by atoms with van der Waals surface area (Å²) in [6.45, 7) is 1.11. The number of rotatable bonds is 5. The van der Waals surface area contributed by atoms with Crippen molar-refractivity contribution in [2.24, 2.45) is 0 Å². The van der Waals surface area contributed by atoms with Gasteiger partial charge in [-0.1, -0.05) is 66.7 Å². The van der Waals surface area contributed by atoms with E-state index in [1.165, 1.54) is 0 Å². The Morgan fingerprint density at radius 2 is 1.64 bits per heavy atom. The second-order valence-electron chi connectivity index (χ2n) is 8.30. The summed E-state index contributed by atoms with van der Waals surface area (Å²) in [6.07, 6.45) is 3.49. The van der Waals surface area contributed by atoms with Gasteiger partial charge in [0.1, 0.15) is 0 Å². The fourth-order valence-electron chi connectivity index (χ4n) is 4.60. The van der Waals surface area contributed by atoms with Crippen LogP contribution in [0.15, 0.2) is 91.1 Å². The first-order chi connectivity index (χ1) is 16.2. The van der Waals surface area contributed by atoms with Gasteiger partial charge in [0.05, 0.1) is 11.1 Å². The average Bonchev–Trinajstić information content (AvgIpc) is 3.35. The van der Waals surface area contributed by atoms with E-state index in [-0.39, 0.29) is 17.9 Å². The molecule has 5 rings (SSSR count). The first-order valence-electron chi connectivity index (χ1n) is 11.3. The molecule has 0 bridgehead atoms. The SMILES string of the molecule is O=C(NCC1CCCN1C(=O)c1ccccc1-c1ccccc1)c1cccc2cccnc12. The maximum Gasteiger partial charge on any atom is 0.254 e. The third kappa shape index (κ3) is 4.22. The van der Waals surface area contributed by atoms with Crippen molar-refractivity contribution in [1.82, 2.24) is 15.2 Å². The summed E-state index contributed by atoms with van der Waals surface area (Å²) in [5.74, 6) is -0.152. The normalized spacial score (nSPS) is 15.5. The van der Waals surface area contributed by atoms with Gasteiger partial charge in [-0.2, -0.15) is 0 Å². The summed E-state index contributed by atoms with van der Waals surface area (Å²) >= 11 is 0. The summed E-state index contributed by atoms with van der Waals surface area (Å²) in [6, 6.07) is 27.1. The van der Waals surface area contributed by atoms with Crippen molar-refractivity contribution < 1.29 is 9.59 Å². The minimum absolute atomic E-state index is 0.0121.